The Kier molecular flexibility index (Phi) is 5.41. The number of amides is 2. The van der Waals surface area contributed by atoms with Crippen molar-refractivity contribution in [2.24, 2.45) is 5.73 Å². The first-order valence-electron chi connectivity index (χ1n) is 4.58. The molecule has 0 saturated carbocycles. The van der Waals surface area contributed by atoms with E-state index in [1.165, 1.54) is 0 Å². The number of carbonyl (C=O) groups is 1. The molecule has 0 spiro atoms. The van der Waals surface area contributed by atoms with E-state index in [1.54, 1.807) is 13.8 Å². The van der Waals surface area contributed by atoms with Crippen LogP contribution in [0.1, 0.15) is 13.8 Å². The van der Waals surface area contributed by atoms with E-state index in [1.807, 2.05) is 0 Å². The molecule has 0 heterocycles. The molecule has 0 saturated heterocycles. The molecule has 15 heavy (non-hydrogen) atoms. The van der Waals surface area contributed by atoms with Crippen molar-refractivity contribution in [2.75, 3.05) is 19.6 Å². The number of nitrogens with two attached hydrogens (primary N) is 1. The lowest BCUT2D eigenvalue weighted by molar-refractivity contribution is -0.139. The second-order valence-corrected chi connectivity index (χ2v) is 3.43. The molecule has 90 valence electrons. The summed E-state index contributed by atoms with van der Waals surface area (Å²) in [6.07, 6.45) is -4.40. The molecule has 4 nitrogen and oxygen atoms in total. The van der Waals surface area contributed by atoms with Crippen molar-refractivity contribution in [3.05, 3.63) is 0 Å². The van der Waals surface area contributed by atoms with E-state index in [9.17, 15) is 18.0 Å². The van der Waals surface area contributed by atoms with E-state index in [-0.39, 0.29) is 19.1 Å². The van der Waals surface area contributed by atoms with Crippen LogP contribution in [0.4, 0.5) is 18.0 Å². The number of urea groups is 1. The minimum atomic E-state index is -4.40. The van der Waals surface area contributed by atoms with Crippen LogP contribution in [-0.2, 0) is 0 Å². The van der Waals surface area contributed by atoms with Crippen LogP contribution in [0.3, 0.4) is 0 Å². The number of nitrogens with zero attached hydrogens (tertiary/aromatic N) is 1. The van der Waals surface area contributed by atoms with Gasteiger partial charge in [-0.3, -0.25) is 0 Å². The highest BCUT2D eigenvalue weighted by Gasteiger charge is 2.32. The van der Waals surface area contributed by atoms with Crippen LogP contribution >= 0.6 is 0 Å². The maximum Gasteiger partial charge on any atom is 0.406 e. The summed E-state index contributed by atoms with van der Waals surface area (Å²) in [4.78, 5) is 11.9. The number of hydrogen-bond acceptors (Lipinski definition) is 2. The standard InChI is InChI=1S/C8H16F3N3O/c1-6(2)13-7(15)14(4-3-12)5-8(9,10)11/h6H,3-5,12H2,1-2H3,(H,13,15). The molecule has 0 radical (unpaired) electrons. The average Bonchev–Trinajstić information content (AvgIpc) is 1.99. The van der Waals surface area contributed by atoms with E-state index < -0.39 is 18.8 Å². The molecule has 7 heteroatoms. The summed E-state index contributed by atoms with van der Waals surface area (Å²) < 4.78 is 36.2. The Morgan fingerprint density at radius 3 is 2.33 bits per heavy atom. The van der Waals surface area contributed by atoms with Crippen LogP contribution in [0, 0.1) is 0 Å². The quantitative estimate of drug-likeness (QED) is 0.750. The van der Waals surface area contributed by atoms with E-state index in [0.29, 0.717) is 4.90 Å². The smallest absolute Gasteiger partial charge is 0.336 e. The normalized spacial score (nSPS) is 11.7. The topological polar surface area (TPSA) is 58.4 Å². The molecule has 2 amide bonds. The first-order valence-corrected chi connectivity index (χ1v) is 4.58. The maximum atomic E-state index is 12.1. The molecule has 0 aliphatic rings. The Morgan fingerprint density at radius 1 is 1.47 bits per heavy atom. The largest absolute Gasteiger partial charge is 0.406 e. The van der Waals surface area contributed by atoms with E-state index in [2.05, 4.69) is 5.32 Å². The Balaban J connectivity index is 4.31. The summed E-state index contributed by atoms with van der Waals surface area (Å²) in [6.45, 7) is 1.96. The van der Waals surface area contributed by atoms with Crippen molar-refractivity contribution in [2.45, 2.75) is 26.1 Å². The molecule has 0 fully saturated rings. The van der Waals surface area contributed by atoms with Crippen LogP contribution in [-0.4, -0.2) is 42.8 Å². The van der Waals surface area contributed by atoms with Crippen molar-refractivity contribution in [3.8, 4) is 0 Å². The minimum Gasteiger partial charge on any atom is -0.336 e. The lowest BCUT2D eigenvalue weighted by Gasteiger charge is -2.24. The number of halogens is 3. The van der Waals surface area contributed by atoms with Gasteiger partial charge in [0, 0.05) is 19.1 Å². The summed E-state index contributed by atoms with van der Waals surface area (Å²) in [5, 5.41) is 2.38. The molecule has 0 aliphatic heterocycles. The molecular weight excluding hydrogens is 211 g/mol. The van der Waals surface area contributed by atoms with E-state index in [4.69, 9.17) is 5.73 Å². The molecule has 0 aliphatic carbocycles. The molecule has 0 aromatic rings. The Bertz CT molecular complexity index is 206. The Labute approximate surface area is 86.6 Å². The fourth-order valence-electron chi connectivity index (χ4n) is 0.963. The first-order chi connectivity index (χ1) is 6.76. The molecule has 0 bridgehead atoms. The lowest BCUT2D eigenvalue weighted by Crippen LogP contribution is -2.48. The fraction of sp³-hybridized carbons (Fsp3) is 0.875. The highest BCUT2D eigenvalue weighted by molar-refractivity contribution is 5.74. The van der Waals surface area contributed by atoms with Gasteiger partial charge in [0.15, 0.2) is 0 Å². The zero-order chi connectivity index (χ0) is 12.1. The highest BCUT2D eigenvalue weighted by Crippen LogP contribution is 2.16. The summed E-state index contributed by atoms with van der Waals surface area (Å²) in [7, 11) is 0. The molecule has 3 N–H and O–H groups in total. The number of hydrogen-bond donors (Lipinski definition) is 2. The minimum absolute atomic E-state index is 0.00158. The van der Waals surface area contributed by atoms with Crippen LogP contribution in [0.5, 0.6) is 0 Å². The van der Waals surface area contributed by atoms with Crippen molar-refractivity contribution < 1.29 is 18.0 Å². The fourth-order valence-corrected chi connectivity index (χ4v) is 0.963. The Hall–Kier alpha value is -0.980. The van der Waals surface area contributed by atoms with Gasteiger partial charge in [-0.05, 0) is 13.8 Å². The zero-order valence-electron chi connectivity index (χ0n) is 8.77. The van der Waals surface area contributed by atoms with Gasteiger partial charge in [-0.15, -0.1) is 0 Å². The lowest BCUT2D eigenvalue weighted by atomic mass is 10.4. The average molecular weight is 227 g/mol. The van der Waals surface area contributed by atoms with Gasteiger partial charge in [-0.25, -0.2) is 4.79 Å². The van der Waals surface area contributed by atoms with E-state index >= 15 is 0 Å². The zero-order valence-corrected chi connectivity index (χ0v) is 8.77. The highest BCUT2D eigenvalue weighted by atomic mass is 19.4. The Morgan fingerprint density at radius 2 is 2.00 bits per heavy atom. The molecule has 0 unspecified atom stereocenters. The monoisotopic (exact) mass is 227 g/mol. The van der Waals surface area contributed by atoms with Crippen molar-refractivity contribution in [3.63, 3.8) is 0 Å². The SMILES string of the molecule is CC(C)NC(=O)N(CCN)CC(F)(F)F. The predicted molar refractivity (Wildman–Crippen MR) is 50.4 cm³/mol. The van der Waals surface area contributed by atoms with Gasteiger partial charge in [0.2, 0.25) is 0 Å². The molecule has 0 atom stereocenters. The van der Waals surface area contributed by atoms with Crippen LogP contribution in [0.2, 0.25) is 0 Å². The van der Waals surface area contributed by atoms with Gasteiger partial charge in [0.1, 0.15) is 6.54 Å². The van der Waals surface area contributed by atoms with Crippen LogP contribution in [0.25, 0.3) is 0 Å². The van der Waals surface area contributed by atoms with Crippen molar-refractivity contribution >= 4 is 6.03 Å². The van der Waals surface area contributed by atoms with E-state index in [0.717, 1.165) is 0 Å². The maximum absolute atomic E-state index is 12.1. The van der Waals surface area contributed by atoms with Crippen LogP contribution in [0.15, 0.2) is 0 Å². The van der Waals surface area contributed by atoms with Crippen molar-refractivity contribution in [1.29, 1.82) is 0 Å². The van der Waals surface area contributed by atoms with Crippen molar-refractivity contribution in [1.82, 2.24) is 10.2 Å². The summed E-state index contributed by atoms with van der Waals surface area (Å²) in [5.41, 5.74) is 5.13. The molecule has 0 aromatic carbocycles. The summed E-state index contributed by atoms with van der Waals surface area (Å²) in [6, 6.07) is -0.946. The summed E-state index contributed by atoms with van der Waals surface area (Å²) >= 11 is 0. The third kappa shape index (κ3) is 7.01. The summed E-state index contributed by atoms with van der Waals surface area (Å²) in [5.74, 6) is 0. The predicted octanol–water partition coefficient (Wildman–Crippen LogP) is 0.927. The first kappa shape index (κ1) is 14.0. The van der Waals surface area contributed by atoms with Gasteiger partial charge in [0.25, 0.3) is 0 Å². The van der Waals surface area contributed by atoms with Gasteiger partial charge in [0.05, 0.1) is 0 Å². The third-order valence-corrected chi connectivity index (χ3v) is 1.47. The van der Waals surface area contributed by atoms with Crippen LogP contribution < -0.4 is 11.1 Å². The second-order valence-electron chi connectivity index (χ2n) is 3.43. The second kappa shape index (κ2) is 5.79. The van der Waals surface area contributed by atoms with Gasteiger partial charge in [-0.2, -0.15) is 13.2 Å². The number of nitrogens with one attached hydrogen (secondary N) is 1. The van der Waals surface area contributed by atoms with Gasteiger partial charge >= 0.3 is 12.2 Å². The molecular formula is C8H16F3N3O. The molecule has 0 rings (SSSR count). The number of rotatable bonds is 4. The number of alkyl halides is 3. The number of carbonyl (C=O) groups excluding carboxylic acids is 1. The third-order valence-electron chi connectivity index (χ3n) is 1.47. The molecule has 0 aromatic heterocycles. The van der Waals surface area contributed by atoms with Gasteiger partial charge in [-0.1, -0.05) is 0 Å². The van der Waals surface area contributed by atoms with Gasteiger partial charge < -0.3 is 16.0 Å².